The molecule has 0 bridgehead atoms. The number of carbonyl (C=O) groups excluding carboxylic acids is 6. The molecule has 1 saturated heterocycles. The zero-order chi connectivity index (χ0) is 36.1. The summed E-state index contributed by atoms with van der Waals surface area (Å²) < 4.78 is 0. The topological polar surface area (TPSA) is 157 Å². The van der Waals surface area contributed by atoms with Gasteiger partial charge in [-0.1, -0.05) is 94.8 Å². The van der Waals surface area contributed by atoms with Crippen molar-refractivity contribution in [1.29, 1.82) is 0 Å². The Hall–Kier alpha value is -4.58. The third-order valence-electron chi connectivity index (χ3n) is 8.53. The highest BCUT2D eigenvalue weighted by molar-refractivity contribution is 6.38. The number of hydrogen-bond acceptors (Lipinski definition) is 7. The maximum absolute atomic E-state index is 13.9. The molecule has 1 aliphatic heterocycles. The average Bonchev–Trinajstić information content (AvgIpc) is 3.58. The van der Waals surface area contributed by atoms with E-state index in [1.165, 1.54) is 4.90 Å². The first-order chi connectivity index (χ1) is 23.2. The molecule has 266 valence electrons. The molecule has 1 fully saturated rings. The summed E-state index contributed by atoms with van der Waals surface area (Å²) in [5.41, 5.74) is 1.29. The second-order valence-corrected chi connectivity index (χ2v) is 13.7. The second-order valence-electron chi connectivity index (χ2n) is 13.7. The van der Waals surface area contributed by atoms with Crippen molar-refractivity contribution in [1.82, 2.24) is 31.1 Å². The molecule has 2 unspecified atom stereocenters. The molecule has 12 nitrogen and oxygen atoms in total. The van der Waals surface area contributed by atoms with Crippen molar-refractivity contribution in [3.8, 4) is 0 Å². The van der Waals surface area contributed by atoms with Crippen LogP contribution in [-0.4, -0.2) is 97.0 Å². The van der Waals surface area contributed by atoms with Crippen LogP contribution in [0.25, 0.3) is 0 Å². The molecule has 2 aromatic carbocycles. The Labute approximate surface area is 289 Å². The summed E-state index contributed by atoms with van der Waals surface area (Å²) in [5.74, 6) is -3.61. The van der Waals surface area contributed by atoms with E-state index in [4.69, 9.17) is 0 Å². The number of ketones is 1. The van der Waals surface area contributed by atoms with Gasteiger partial charge >= 0.3 is 0 Å². The summed E-state index contributed by atoms with van der Waals surface area (Å²) in [4.78, 5) is 82.0. The molecule has 0 spiro atoms. The van der Waals surface area contributed by atoms with E-state index >= 15 is 0 Å². The summed E-state index contributed by atoms with van der Waals surface area (Å²) in [7, 11) is 3.14. The summed E-state index contributed by atoms with van der Waals surface area (Å²) in [6.45, 7) is 8.21. The van der Waals surface area contributed by atoms with E-state index in [9.17, 15) is 28.8 Å². The van der Waals surface area contributed by atoms with Gasteiger partial charge in [0.2, 0.25) is 29.4 Å². The number of carbonyl (C=O) groups is 6. The molecule has 4 N–H and O–H groups in total. The highest BCUT2D eigenvalue weighted by Gasteiger charge is 2.42. The van der Waals surface area contributed by atoms with E-state index in [0.29, 0.717) is 37.9 Å². The van der Waals surface area contributed by atoms with Gasteiger partial charge in [0, 0.05) is 20.6 Å². The fourth-order valence-corrected chi connectivity index (χ4v) is 5.87. The van der Waals surface area contributed by atoms with Gasteiger partial charge in [0.1, 0.15) is 12.1 Å². The van der Waals surface area contributed by atoms with E-state index < -0.39 is 59.6 Å². The maximum atomic E-state index is 13.9. The number of rotatable bonds is 16. The highest BCUT2D eigenvalue weighted by Crippen LogP contribution is 2.26. The third kappa shape index (κ3) is 11.2. The van der Waals surface area contributed by atoms with Crippen LogP contribution < -0.4 is 21.3 Å². The van der Waals surface area contributed by atoms with Crippen molar-refractivity contribution < 1.29 is 28.8 Å². The van der Waals surface area contributed by atoms with E-state index in [1.54, 1.807) is 49.3 Å². The Kier molecular flexibility index (Phi) is 14.5. The zero-order valence-electron chi connectivity index (χ0n) is 29.6. The lowest BCUT2D eigenvalue weighted by molar-refractivity contribution is -0.144. The Bertz CT molecular complexity index is 1440. The maximum Gasteiger partial charge on any atom is 0.290 e. The van der Waals surface area contributed by atoms with Crippen LogP contribution in [0.15, 0.2) is 60.7 Å². The van der Waals surface area contributed by atoms with Crippen LogP contribution in [0.4, 0.5) is 0 Å². The Morgan fingerprint density at radius 2 is 1.55 bits per heavy atom. The van der Waals surface area contributed by atoms with Gasteiger partial charge < -0.3 is 31.1 Å². The lowest BCUT2D eigenvalue weighted by Gasteiger charge is -2.36. The highest BCUT2D eigenvalue weighted by atomic mass is 16.2. The molecule has 0 aromatic heterocycles. The third-order valence-corrected chi connectivity index (χ3v) is 8.53. The minimum Gasteiger partial charge on any atom is -0.347 e. The quantitative estimate of drug-likeness (QED) is 0.199. The molecule has 12 heteroatoms. The fraction of sp³-hybridized carbons (Fsp3) is 0.514. The van der Waals surface area contributed by atoms with Crippen molar-refractivity contribution in [2.24, 2.45) is 5.41 Å². The molecule has 0 aliphatic carbocycles. The van der Waals surface area contributed by atoms with Crippen LogP contribution >= 0.6 is 0 Å². The molecule has 49 heavy (non-hydrogen) atoms. The number of amides is 5. The number of hydrogen-bond donors (Lipinski definition) is 4. The van der Waals surface area contributed by atoms with Crippen LogP contribution in [-0.2, 0) is 35.2 Å². The van der Waals surface area contributed by atoms with Gasteiger partial charge in [0.15, 0.2) is 0 Å². The molecule has 4 atom stereocenters. The summed E-state index contributed by atoms with van der Waals surface area (Å²) in [6, 6.07) is 15.2. The van der Waals surface area contributed by atoms with Gasteiger partial charge in [-0.3, -0.25) is 28.8 Å². The zero-order valence-corrected chi connectivity index (χ0v) is 29.6. The minimum atomic E-state index is -1.13. The standard InChI is InChI=1S/C37H52N6O6/c1-7-15-27(31(45)34(47)39-24-29(44)41-30(35(48)42(5)6)26-18-12-9-13-19-26)40-33(46)28-20-14-23-43(28)36(49)32(37(2,3)4)38-22-21-25-16-10-8-11-17-25/h8-13,16-19,27-28,30,32,38H,7,14-15,20-24H2,1-6H3,(H,39,47)(H,40,46)(H,41,44)/t27?,28-,30-,32?/m0/s1. The van der Waals surface area contributed by atoms with Gasteiger partial charge in [0.25, 0.3) is 5.91 Å². The predicted molar refractivity (Wildman–Crippen MR) is 187 cm³/mol. The van der Waals surface area contributed by atoms with E-state index in [0.717, 1.165) is 12.0 Å². The molecule has 1 heterocycles. The van der Waals surface area contributed by atoms with Crippen molar-refractivity contribution >= 4 is 35.3 Å². The monoisotopic (exact) mass is 676 g/mol. The summed E-state index contributed by atoms with van der Waals surface area (Å²) in [6.07, 6.45) is 2.51. The first-order valence-corrected chi connectivity index (χ1v) is 17.0. The van der Waals surface area contributed by atoms with Crippen LogP contribution in [0.5, 0.6) is 0 Å². The SMILES string of the molecule is CCCC(NC(=O)[C@@H]1CCCN1C(=O)C(NCCc1ccccc1)C(C)(C)C)C(=O)C(=O)NCC(=O)N[C@H](C(=O)N(C)C)c1ccccc1. The van der Waals surface area contributed by atoms with Crippen molar-refractivity contribution in [2.75, 3.05) is 33.7 Å². The number of nitrogens with one attached hydrogen (secondary N) is 4. The summed E-state index contributed by atoms with van der Waals surface area (Å²) in [5, 5.41) is 11.1. The number of benzene rings is 2. The van der Waals surface area contributed by atoms with Crippen molar-refractivity contribution in [3.05, 3.63) is 71.8 Å². The fourth-order valence-electron chi connectivity index (χ4n) is 5.87. The lowest BCUT2D eigenvalue weighted by atomic mass is 9.85. The normalized spacial score (nSPS) is 16.2. The van der Waals surface area contributed by atoms with Crippen LogP contribution in [0, 0.1) is 5.41 Å². The Morgan fingerprint density at radius 3 is 2.14 bits per heavy atom. The van der Waals surface area contributed by atoms with Gasteiger partial charge in [-0.25, -0.2) is 0 Å². The van der Waals surface area contributed by atoms with Gasteiger partial charge in [-0.05, 0) is 48.8 Å². The first-order valence-electron chi connectivity index (χ1n) is 17.0. The molecule has 2 aromatic rings. The van der Waals surface area contributed by atoms with Crippen LogP contribution in [0.2, 0.25) is 0 Å². The lowest BCUT2D eigenvalue weighted by Crippen LogP contribution is -2.58. The number of nitrogens with zero attached hydrogens (tertiary/aromatic N) is 2. The van der Waals surface area contributed by atoms with Crippen LogP contribution in [0.1, 0.15) is 70.5 Å². The molecular weight excluding hydrogens is 624 g/mol. The predicted octanol–water partition coefficient (Wildman–Crippen LogP) is 2.14. The van der Waals surface area contributed by atoms with E-state index in [2.05, 4.69) is 21.3 Å². The molecule has 0 saturated carbocycles. The smallest absolute Gasteiger partial charge is 0.290 e. The van der Waals surface area contributed by atoms with E-state index in [-0.39, 0.29) is 18.2 Å². The Balaban J connectivity index is 1.61. The molecule has 5 amide bonds. The van der Waals surface area contributed by atoms with E-state index in [1.807, 2.05) is 58.0 Å². The number of likely N-dealkylation sites (tertiary alicyclic amines) is 1. The first kappa shape index (κ1) is 38.9. The van der Waals surface area contributed by atoms with Crippen molar-refractivity contribution in [3.63, 3.8) is 0 Å². The summed E-state index contributed by atoms with van der Waals surface area (Å²) >= 11 is 0. The van der Waals surface area contributed by atoms with Gasteiger partial charge in [0.05, 0.1) is 18.6 Å². The molecule has 1 aliphatic rings. The Morgan fingerprint density at radius 1 is 0.918 bits per heavy atom. The average molecular weight is 677 g/mol. The molecule has 0 radical (unpaired) electrons. The largest absolute Gasteiger partial charge is 0.347 e. The molecule has 3 rings (SSSR count). The van der Waals surface area contributed by atoms with Gasteiger partial charge in [-0.2, -0.15) is 0 Å². The molecular formula is C37H52N6O6. The number of likely N-dealkylation sites (N-methyl/N-ethyl adjacent to an activating group) is 1. The number of Topliss-reactive ketones (excluding diaryl/α,β-unsaturated/α-hetero) is 1. The second kappa shape index (κ2) is 18.3. The van der Waals surface area contributed by atoms with Crippen molar-refractivity contribution in [2.45, 2.75) is 84.0 Å². The minimum absolute atomic E-state index is 0.179. The van der Waals surface area contributed by atoms with Gasteiger partial charge in [-0.15, -0.1) is 0 Å². The van der Waals surface area contributed by atoms with Crippen LogP contribution in [0.3, 0.4) is 0 Å².